The van der Waals surface area contributed by atoms with Crippen LogP contribution in [0.3, 0.4) is 0 Å². The average molecular weight is 479 g/mol. The largest absolute Gasteiger partial charge is 0.493 e. The van der Waals surface area contributed by atoms with Gasteiger partial charge in [0, 0.05) is 35.5 Å². The minimum Gasteiger partial charge on any atom is -0.493 e. The van der Waals surface area contributed by atoms with E-state index in [1.54, 1.807) is 11.6 Å². The Hall–Kier alpha value is -2.97. The number of hydrogen-bond donors (Lipinski definition) is 2. The van der Waals surface area contributed by atoms with E-state index in [4.69, 9.17) is 9.72 Å². The highest BCUT2D eigenvalue weighted by atomic mass is 16.5. The van der Waals surface area contributed by atoms with Gasteiger partial charge in [-0.25, -0.2) is 9.50 Å². The molecule has 0 bridgehead atoms. The van der Waals surface area contributed by atoms with Crippen LogP contribution >= 0.6 is 0 Å². The van der Waals surface area contributed by atoms with Gasteiger partial charge in [-0.1, -0.05) is 21.3 Å². The highest BCUT2D eigenvalue weighted by Gasteiger charge is 2.26. The van der Waals surface area contributed by atoms with Gasteiger partial charge in [-0.3, -0.25) is 4.98 Å². The van der Waals surface area contributed by atoms with Crippen LogP contribution in [0.15, 0.2) is 30.7 Å². The first-order valence-electron chi connectivity index (χ1n) is 12.1. The van der Waals surface area contributed by atoms with E-state index in [9.17, 15) is 5.11 Å². The van der Waals surface area contributed by atoms with Crippen molar-refractivity contribution in [1.82, 2.24) is 29.5 Å². The van der Waals surface area contributed by atoms with Gasteiger partial charge in [0.2, 0.25) is 0 Å². The van der Waals surface area contributed by atoms with Crippen molar-refractivity contribution >= 4 is 16.7 Å². The molecule has 188 valence electrons. The molecule has 1 fully saturated rings. The molecule has 0 amide bonds. The van der Waals surface area contributed by atoms with Crippen LogP contribution in [0.5, 0.6) is 5.75 Å². The maximum Gasteiger partial charge on any atom is 0.197 e. The third-order valence-corrected chi connectivity index (χ3v) is 6.74. The summed E-state index contributed by atoms with van der Waals surface area (Å²) < 4.78 is 7.34. The maximum absolute atomic E-state index is 10.2. The molecule has 5 rings (SSSR count). The molecule has 0 aromatic carbocycles. The summed E-state index contributed by atoms with van der Waals surface area (Å²) in [6, 6.07) is 6.35. The smallest absolute Gasteiger partial charge is 0.197 e. The molecule has 0 atom stereocenters. The number of nitrogens with zero attached hydrogens (tertiary/aromatic N) is 5. The van der Waals surface area contributed by atoms with Gasteiger partial charge in [0.1, 0.15) is 6.33 Å². The van der Waals surface area contributed by atoms with E-state index in [0.717, 1.165) is 53.9 Å². The van der Waals surface area contributed by atoms with Crippen LogP contribution in [-0.4, -0.2) is 66.9 Å². The second-order valence-corrected chi connectivity index (χ2v) is 10.4. The lowest BCUT2D eigenvalue weighted by Gasteiger charge is -2.35. The van der Waals surface area contributed by atoms with Crippen molar-refractivity contribution in [3.05, 3.63) is 42.0 Å². The summed E-state index contributed by atoms with van der Waals surface area (Å²) in [5, 5.41) is 14.5. The molecule has 5 heterocycles. The summed E-state index contributed by atoms with van der Waals surface area (Å²) in [5.41, 5.74) is 6.53. The molecule has 4 aromatic heterocycles. The van der Waals surface area contributed by atoms with Crippen molar-refractivity contribution in [3.63, 3.8) is 0 Å². The highest BCUT2D eigenvalue weighted by molar-refractivity contribution is 5.89. The van der Waals surface area contributed by atoms with Crippen LogP contribution in [-0.2, 0) is 0 Å². The Morgan fingerprint density at radius 2 is 1.97 bits per heavy atom. The van der Waals surface area contributed by atoms with Gasteiger partial charge >= 0.3 is 0 Å². The fourth-order valence-electron chi connectivity index (χ4n) is 5.23. The second-order valence-electron chi connectivity index (χ2n) is 10.4. The predicted octanol–water partition coefficient (Wildman–Crippen LogP) is 4.99. The number of aromatic amines is 1. The first-order chi connectivity index (χ1) is 16.2. The molecule has 8 heteroatoms. The lowest BCUT2D eigenvalue weighted by molar-refractivity contribution is 0.0280. The van der Waals surface area contributed by atoms with Crippen LogP contribution in [0.25, 0.3) is 27.9 Å². The first-order valence-corrected chi connectivity index (χ1v) is 12.1. The molecule has 0 aliphatic carbocycles. The molecule has 1 saturated heterocycles. The average Bonchev–Trinajstić information content (AvgIpc) is 3.42. The molecule has 2 N–H and O–H groups in total. The molecule has 35 heavy (non-hydrogen) atoms. The Morgan fingerprint density at radius 1 is 1.23 bits per heavy atom. The van der Waals surface area contributed by atoms with E-state index in [0.29, 0.717) is 23.9 Å². The number of piperidine rings is 1. The quantitative estimate of drug-likeness (QED) is 0.406. The number of pyridine rings is 2. The monoisotopic (exact) mass is 478 g/mol. The van der Waals surface area contributed by atoms with Crippen molar-refractivity contribution in [1.29, 1.82) is 0 Å². The van der Waals surface area contributed by atoms with E-state index in [-0.39, 0.29) is 13.3 Å². The second kappa shape index (κ2) is 9.59. The molecule has 0 saturated carbocycles. The van der Waals surface area contributed by atoms with Gasteiger partial charge in [0.05, 0.1) is 29.4 Å². The van der Waals surface area contributed by atoms with E-state index in [1.165, 1.54) is 11.9 Å². The van der Waals surface area contributed by atoms with Crippen molar-refractivity contribution in [2.24, 2.45) is 0 Å². The van der Waals surface area contributed by atoms with Crippen LogP contribution in [0.4, 0.5) is 0 Å². The molecule has 4 aromatic rings. The van der Waals surface area contributed by atoms with Gasteiger partial charge in [-0.2, -0.15) is 5.10 Å². The summed E-state index contributed by atoms with van der Waals surface area (Å²) in [7, 11) is 1.66. The lowest BCUT2D eigenvalue weighted by Crippen LogP contribution is -2.42. The number of β-amino-alcohol motifs (C(OH)–C–C–N with tert-alkyl or cyclic N) is 1. The number of hydrogen-bond acceptors (Lipinski definition) is 6. The minimum atomic E-state index is -0.657. The van der Waals surface area contributed by atoms with E-state index in [1.807, 2.05) is 26.1 Å². The summed E-state index contributed by atoms with van der Waals surface area (Å²) in [4.78, 5) is 15.5. The van der Waals surface area contributed by atoms with Gasteiger partial charge in [0.15, 0.2) is 11.4 Å². The van der Waals surface area contributed by atoms with Gasteiger partial charge in [-0.15, -0.1) is 0 Å². The number of methoxy groups -OCH3 is 1. The molecular weight excluding hydrogens is 440 g/mol. The molecule has 0 unspecified atom stereocenters. The highest BCUT2D eigenvalue weighted by Crippen LogP contribution is 2.38. The summed E-state index contributed by atoms with van der Waals surface area (Å²) in [6.07, 6.45) is 5.64. The number of H-pyrrole nitrogens is 1. The number of ether oxygens (including phenoxy) is 1. The zero-order chi connectivity index (χ0) is 24.0. The van der Waals surface area contributed by atoms with E-state index < -0.39 is 5.60 Å². The summed E-state index contributed by atoms with van der Waals surface area (Å²) in [5.74, 6) is 1.42. The Bertz CT molecular complexity index is 1310. The van der Waals surface area contributed by atoms with Crippen molar-refractivity contribution in [2.45, 2.75) is 65.4 Å². The van der Waals surface area contributed by atoms with E-state index in [2.05, 4.69) is 45.9 Å². The zero-order valence-corrected chi connectivity index (χ0v) is 20.7. The van der Waals surface area contributed by atoms with Crippen molar-refractivity contribution in [3.8, 4) is 17.0 Å². The standard InChI is InChI=1S/C26H34N6O2.CH4/c1-16(2)22-23(18-12-21(34-5)25-27-15-28-32(25)13-18)30-20-7-6-19(29-24(20)22)17-8-10-31(11-9-17)14-26(3,4)33;/h6-7,12-13,15-17,30,33H,8-11,14H2,1-5H3;1H4. The molecule has 1 aliphatic rings. The Balaban J connectivity index is 0.00000289. The molecule has 8 nitrogen and oxygen atoms in total. The third kappa shape index (κ3) is 4.90. The topological polar surface area (TPSA) is 91.6 Å². The van der Waals surface area contributed by atoms with E-state index >= 15 is 0 Å². The Labute approximate surface area is 207 Å². The van der Waals surface area contributed by atoms with Crippen molar-refractivity contribution in [2.75, 3.05) is 26.7 Å². The molecule has 0 radical (unpaired) electrons. The minimum absolute atomic E-state index is 0. The molecule has 0 spiro atoms. The van der Waals surface area contributed by atoms with Crippen LogP contribution in [0.1, 0.15) is 71.1 Å². The number of aromatic nitrogens is 5. The molecule has 1 aliphatic heterocycles. The van der Waals surface area contributed by atoms with Gasteiger partial charge in [-0.05, 0) is 63.9 Å². The van der Waals surface area contributed by atoms with Crippen LogP contribution in [0.2, 0.25) is 0 Å². The fraction of sp³-hybridized carbons (Fsp3) is 0.519. The fourth-order valence-corrected chi connectivity index (χ4v) is 5.23. The van der Waals surface area contributed by atoms with Crippen LogP contribution in [0, 0.1) is 0 Å². The number of aliphatic hydroxyl groups is 1. The Kier molecular flexibility index (Phi) is 6.88. The summed E-state index contributed by atoms with van der Waals surface area (Å²) in [6.45, 7) is 10.9. The third-order valence-electron chi connectivity index (χ3n) is 6.74. The van der Waals surface area contributed by atoms with Crippen molar-refractivity contribution < 1.29 is 9.84 Å². The molecular formula is C27H38N6O2. The first kappa shape index (κ1) is 25.1. The SMILES string of the molecule is C.COc1cc(-c2[nH]c3ccc(C4CCN(CC(C)(C)O)CC4)nc3c2C(C)C)cn2ncnc12. The van der Waals surface area contributed by atoms with Gasteiger partial charge < -0.3 is 19.7 Å². The predicted molar refractivity (Wildman–Crippen MR) is 140 cm³/mol. The maximum atomic E-state index is 10.2. The zero-order valence-electron chi connectivity index (χ0n) is 20.7. The lowest BCUT2D eigenvalue weighted by atomic mass is 9.91. The number of fused-ring (bicyclic) bond motifs is 2. The number of likely N-dealkylation sites (tertiary alicyclic amines) is 1. The van der Waals surface area contributed by atoms with Crippen LogP contribution < -0.4 is 4.74 Å². The number of nitrogens with one attached hydrogen (secondary N) is 1. The van der Waals surface area contributed by atoms with Gasteiger partial charge in [0.25, 0.3) is 0 Å². The Morgan fingerprint density at radius 3 is 2.63 bits per heavy atom. The summed E-state index contributed by atoms with van der Waals surface area (Å²) >= 11 is 0. The number of rotatable bonds is 6. The normalized spacial score (nSPS) is 15.7.